The van der Waals surface area contributed by atoms with Gasteiger partial charge in [-0.1, -0.05) is 139 Å². The Morgan fingerprint density at radius 1 is 0.806 bits per heavy atom. The van der Waals surface area contributed by atoms with E-state index in [2.05, 4.69) is 115 Å². The third-order valence-electron chi connectivity index (χ3n) is 4.41. The lowest BCUT2D eigenvalue weighted by atomic mass is 9.92. The topological polar surface area (TPSA) is 0 Å². The van der Waals surface area contributed by atoms with E-state index < -0.39 is 0 Å². The zero-order valence-corrected chi connectivity index (χ0v) is 20.8. The first-order chi connectivity index (χ1) is 15.0. The monoisotopic (exact) mass is 414 g/mol. The molecule has 3 rings (SSSR count). The second-order valence-corrected chi connectivity index (χ2v) is 7.15. The Kier molecular flexibility index (Phi) is 15.3. The van der Waals surface area contributed by atoms with E-state index in [1.165, 1.54) is 39.8 Å². The standard InChI is InChI=1S/C16H16.C10H12.C3H8.C2H6/c1-12(2)16-13(3)8-7-11-15(16)14-9-5-4-6-10-14;1-3-9-5-7-10(4-2)8-6-9;1-3-2;1-2/h4-11H,1H2,2-3H3;3,5-8H,1,4H2,2H3;3H2,1-2H3;1-2H3. The Balaban J connectivity index is 0.000000515. The fourth-order valence-corrected chi connectivity index (χ4v) is 2.98. The van der Waals surface area contributed by atoms with Gasteiger partial charge in [-0.05, 0) is 53.6 Å². The minimum atomic E-state index is 1.11. The van der Waals surface area contributed by atoms with E-state index in [1.54, 1.807) is 0 Å². The molecule has 0 aliphatic heterocycles. The van der Waals surface area contributed by atoms with Crippen LogP contribution in [0.4, 0.5) is 0 Å². The lowest BCUT2D eigenvalue weighted by molar-refractivity contribution is 1.09. The quantitative estimate of drug-likeness (QED) is 0.398. The first-order valence-corrected chi connectivity index (χ1v) is 11.5. The highest BCUT2D eigenvalue weighted by molar-refractivity contribution is 5.81. The number of aryl methyl sites for hydroxylation is 2. The van der Waals surface area contributed by atoms with Gasteiger partial charge in [-0.15, -0.1) is 0 Å². The fourth-order valence-electron chi connectivity index (χ4n) is 2.98. The summed E-state index contributed by atoms with van der Waals surface area (Å²) in [6, 6.07) is 25.3. The second-order valence-electron chi connectivity index (χ2n) is 7.15. The Morgan fingerprint density at radius 2 is 1.35 bits per heavy atom. The molecule has 0 heterocycles. The van der Waals surface area contributed by atoms with Crippen LogP contribution in [0, 0.1) is 6.92 Å². The molecule has 0 aliphatic rings. The average Bonchev–Trinajstić information content (AvgIpc) is 2.81. The Bertz CT molecular complexity index is 868. The fraction of sp³-hybridized carbons (Fsp3) is 0.290. The molecule has 3 aromatic carbocycles. The maximum Gasteiger partial charge on any atom is -0.0106 e. The van der Waals surface area contributed by atoms with Gasteiger partial charge in [-0.2, -0.15) is 0 Å². The van der Waals surface area contributed by atoms with Crippen molar-refractivity contribution in [2.75, 3.05) is 0 Å². The van der Waals surface area contributed by atoms with Crippen LogP contribution < -0.4 is 0 Å². The molecule has 0 amide bonds. The Morgan fingerprint density at radius 3 is 1.81 bits per heavy atom. The van der Waals surface area contributed by atoms with Gasteiger partial charge in [-0.3, -0.25) is 0 Å². The Labute approximate surface area is 192 Å². The van der Waals surface area contributed by atoms with Crippen molar-refractivity contribution in [1.82, 2.24) is 0 Å². The normalized spacial score (nSPS) is 9.00. The number of rotatable bonds is 4. The zero-order valence-electron chi connectivity index (χ0n) is 20.8. The highest BCUT2D eigenvalue weighted by Gasteiger charge is 2.07. The molecule has 31 heavy (non-hydrogen) atoms. The van der Waals surface area contributed by atoms with Crippen LogP contribution in [-0.2, 0) is 6.42 Å². The van der Waals surface area contributed by atoms with Crippen molar-refractivity contribution in [3.8, 4) is 11.1 Å². The molecule has 0 saturated heterocycles. The minimum absolute atomic E-state index is 1.11. The van der Waals surface area contributed by atoms with Crippen LogP contribution in [0.5, 0.6) is 0 Å². The first-order valence-electron chi connectivity index (χ1n) is 11.5. The molecule has 3 aromatic rings. The largest absolute Gasteiger partial charge is 0.0985 e. The molecule has 0 aliphatic carbocycles. The predicted molar refractivity (Wildman–Crippen MR) is 145 cm³/mol. The van der Waals surface area contributed by atoms with E-state index in [0.29, 0.717) is 0 Å². The van der Waals surface area contributed by atoms with Gasteiger partial charge in [0.1, 0.15) is 0 Å². The molecule has 0 saturated carbocycles. The summed E-state index contributed by atoms with van der Waals surface area (Å²) in [4.78, 5) is 0. The van der Waals surface area contributed by atoms with E-state index in [1.807, 2.05) is 26.0 Å². The van der Waals surface area contributed by atoms with Gasteiger partial charge < -0.3 is 0 Å². The average molecular weight is 415 g/mol. The lowest BCUT2D eigenvalue weighted by Gasteiger charge is -2.12. The molecule has 0 fully saturated rings. The van der Waals surface area contributed by atoms with Crippen molar-refractivity contribution in [3.63, 3.8) is 0 Å². The van der Waals surface area contributed by atoms with Gasteiger partial charge >= 0.3 is 0 Å². The van der Waals surface area contributed by atoms with Crippen molar-refractivity contribution >= 4 is 11.6 Å². The van der Waals surface area contributed by atoms with Crippen LogP contribution in [0.1, 0.15) is 70.2 Å². The highest BCUT2D eigenvalue weighted by atomic mass is 14.1. The van der Waals surface area contributed by atoms with Crippen molar-refractivity contribution in [1.29, 1.82) is 0 Å². The van der Waals surface area contributed by atoms with Gasteiger partial charge in [0.2, 0.25) is 0 Å². The molecular weight excluding hydrogens is 372 g/mol. The summed E-state index contributed by atoms with van der Waals surface area (Å²) in [5.74, 6) is 0. The van der Waals surface area contributed by atoms with Gasteiger partial charge in [0.15, 0.2) is 0 Å². The van der Waals surface area contributed by atoms with Crippen LogP contribution in [0.3, 0.4) is 0 Å². The van der Waals surface area contributed by atoms with Gasteiger partial charge in [0.05, 0.1) is 0 Å². The molecule has 0 aromatic heterocycles. The van der Waals surface area contributed by atoms with E-state index in [4.69, 9.17) is 0 Å². The van der Waals surface area contributed by atoms with Crippen LogP contribution in [-0.4, -0.2) is 0 Å². The van der Waals surface area contributed by atoms with Crippen molar-refractivity contribution in [2.24, 2.45) is 0 Å². The van der Waals surface area contributed by atoms with E-state index in [-0.39, 0.29) is 0 Å². The van der Waals surface area contributed by atoms with Gasteiger partial charge in [0.25, 0.3) is 0 Å². The SMILES string of the molecule is C=C(C)c1c(C)cccc1-c1ccccc1.C=Cc1ccc(CC)cc1.CC.CCC. The molecule has 0 heteroatoms. The molecule has 0 atom stereocenters. The number of allylic oxidation sites excluding steroid dienone is 1. The molecule has 0 spiro atoms. The molecule has 0 N–H and O–H groups in total. The van der Waals surface area contributed by atoms with Crippen molar-refractivity contribution < 1.29 is 0 Å². The van der Waals surface area contributed by atoms with E-state index in [0.717, 1.165) is 12.0 Å². The lowest BCUT2D eigenvalue weighted by Crippen LogP contribution is -1.90. The molecular formula is C31H42. The molecule has 0 bridgehead atoms. The minimum Gasteiger partial charge on any atom is -0.0985 e. The summed E-state index contributed by atoms with van der Waals surface area (Å²) >= 11 is 0. The zero-order chi connectivity index (χ0) is 23.6. The molecule has 0 nitrogen and oxygen atoms in total. The van der Waals surface area contributed by atoms with Gasteiger partial charge in [-0.25, -0.2) is 0 Å². The second kappa shape index (κ2) is 16.9. The number of benzene rings is 3. The summed E-state index contributed by atoms with van der Waals surface area (Å²) in [6.45, 7) is 22.4. The third kappa shape index (κ3) is 10.1. The van der Waals surface area contributed by atoms with Gasteiger partial charge in [0, 0.05) is 0 Å². The summed E-state index contributed by atoms with van der Waals surface area (Å²) in [5.41, 5.74) is 8.78. The summed E-state index contributed by atoms with van der Waals surface area (Å²) in [5, 5.41) is 0. The summed E-state index contributed by atoms with van der Waals surface area (Å²) in [6.07, 6.45) is 4.22. The molecule has 0 radical (unpaired) electrons. The van der Waals surface area contributed by atoms with Crippen LogP contribution in [0.15, 0.2) is 86.0 Å². The maximum atomic E-state index is 4.07. The Hall–Kier alpha value is -2.86. The van der Waals surface area contributed by atoms with Crippen LogP contribution in [0.25, 0.3) is 22.8 Å². The summed E-state index contributed by atoms with van der Waals surface area (Å²) in [7, 11) is 0. The predicted octanol–water partition coefficient (Wildman–Crippen LogP) is 10.0. The highest BCUT2D eigenvalue weighted by Crippen LogP contribution is 2.30. The first kappa shape index (κ1) is 28.1. The number of hydrogen-bond donors (Lipinski definition) is 0. The van der Waals surface area contributed by atoms with Crippen LogP contribution in [0.2, 0.25) is 0 Å². The van der Waals surface area contributed by atoms with Crippen LogP contribution >= 0.6 is 0 Å². The molecule has 0 unspecified atom stereocenters. The van der Waals surface area contributed by atoms with E-state index >= 15 is 0 Å². The van der Waals surface area contributed by atoms with Crippen molar-refractivity contribution in [3.05, 3.63) is 108 Å². The smallest absolute Gasteiger partial charge is 0.0106 e. The van der Waals surface area contributed by atoms with Crippen molar-refractivity contribution in [2.45, 2.75) is 61.3 Å². The maximum absolute atomic E-state index is 4.07. The molecule has 166 valence electrons. The summed E-state index contributed by atoms with van der Waals surface area (Å²) < 4.78 is 0. The van der Waals surface area contributed by atoms with E-state index in [9.17, 15) is 0 Å². The third-order valence-corrected chi connectivity index (χ3v) is 4.41. The number of hydrogen-bond acceptors (Lipinski definition) is 0.